The molecule has 27 heavy (non-hydrogen) atoms. The summed E-state index contributed by atoms with van der Waals surface area (Å²) in [5.41, 5.74) is 2.29. The lowest BCUT2D eigenvalue weighted by molar-refractivity contribution is 0.246. The molecule has 0 spiro atoms. The highest BCUT2D eigenvalue weighted by Gasteiger charge is 2.22. The molecule has 1 fully saturated rings. The van der Waals surface area contributed by atoms with Gasteiger partial charge in [0, 0.05) is 36.9 Å². The number of fused-ring (bicyclic) bond motifs is 1. The molecule has 2 amide bonds. The second-order valence-corrected chi connectivity index (χ2v) is 6.67. The summed E-state index contributed by atoms with van der Waals surface area (Å²) < 4.78 is 0. The fourth-order valence-corrected chi connectivity index (χ4v) is 3.37. The number of amides is 2. The number of urea groups is 1. The molecule has 1 aliphatic heterocycles. The second-order valence-electron chi connectivity index (χ2n) is 6.67. The Bertz CT molecular complexity index is 947. The molecule has 0 bridgehead atoms. The normalized spacial score (nSPS) is 16.9. The number of piperidine rings is 1. The first-order chi connectivity index (χ1) is 13.2. The molecule has 138 valence electrons. The topological polar surface area (TPSA) is 95.9 Å². The third-order valence-electron chi connectivity index (χ3n) is 4.63. The SMILES string of the molecule is Cc1cc2c(NC(=O)N[C@H]3CCCN(c4cnccn4)C3)cccc2nn1. The molecule has 4 rings (SSSR count). The van der Waals surface area contributed by atoms with E-state index in [0.717, 1.165) is 47.5 Å². The van der Waals surface area contributed by atoms with E-state index in [-0.39, 0.29) is 12.1 Å². The van der Waals surface area contributed by atoms with E-state index in [1.54, 1.807) is 18.6 Å². The largest absolute Gasteiger partial charge is 0.353 e. The number of aryl methyl sites for hydroxylation is 1. The summed E-state index contributed by atoms with van der Waals surface area (Å²) in [5.74, 6) is 0.840. The molecule has 8 heteroatoms. The number of rotatable bonds is 3. The molecule has 1 aliphatic rings. The molecule has 3 aromatic rings. The standard InChI is InChI=1S/C19H21N7O/c1-13-10-15-16(5-2-6-17(15)25-24-13)23-19(27)22-14-4-3-9-26(12-14)18-11-20-7-8-21-18/h2,5-8,10-11,14H,3-4,9,12H2,1H3,(H2,22,23,27)/t14-/m0/s1. The zero-order chi connectivity index (χ0) is 18.6. The van der Waals surface area contributed by atoms with Crippen molar-refractivity contribution in [3.8, 4) is 0 Å². The highest BCUT2D eigenvalue weighted by atomic mass is 16.2. The van der Waals surface area contributed by atoms with Crippen LogP contribution in [0.15, 0.2) is 42.9 Å². The van der Waals surface area contributed by atoms with Crippen molar-refractivity contribution in [2.24, 2.45) is 0 Å². The third kappa shape index (κ3) is 3.94. The Morgan fingerprint density at radius 2 is 2.19 bits per heavy atom. The Labute approximate surface area is 157 Å². The van der Waals surface area contributed by atoms with Gasteiger partial charge in [-0.15, -0.1) is 0 Å². The van der Waals surface area contributed by atoms with E-state index < -0.39 is 0 Å². The van der Waals surface area contributed by atoms with Crippen LogP contribution in [0.4, 0.5) is 16.3 Å². The monoisotopic (exact) mass is 363 g/mol. The van der Waals surface area contributed by atoms with Crippen LogP contribution in [-0.2, 0) is 0 Å². The van der Waals surface area contributed by atoms with E-state index in [1.807, 2.05) is 31.2 Å². The molecular formula is C19H21N7O. The van der Waals surface area contributed by atoms with E-state index in [1.165, 1.54) is 0 Å². The van der Waals surface area contributed by atoms with Gasteiger partial charge in [0.2, 0.25) is 0 Å². The van der Waals surface area contributed by atoms with Crippen LogP contribution in [0.25, 0.3) is 10.9 Å². The third-order valence-corrected chi connectivity index (χ3v) is 4.63. The van der Waals surface area contributed by atoms with Crippen molar-refractivity contribution >= 4 is 28.4 Å². The van der Waals surface area contributed by atoms with Crippen molar-refractivity contribution in [1.82, 2.24) is 25.5 Å². The van der Waals surface area contributed by atoms with Crippen LogP contribution in [-0.4, -0.2) is 45.3 Å². The van der Waals surface area contributed by atoms with Gasteiger partial charge in [0.05, 0.1) is 23.1 Å². The van der Waals surface area contributed by atoms with E-state index in [0.29, 0.717) is 6.54 Å². The van der Waals surface area contributed by atoms with Crippen LogP contribution in [0.1, 0.15) is 18.5 Å². The zero-order valence-corrected chi connectivity index (χ0v) is 15.1. The smallest absolute Gasteiger partial charge is 0.319 e. The highest BCUT2D eigenvalue weighted by Crippen LogP contribution is 2.22. The lowest BCUT2D eigenvalue weighted by Crippen LogP contribution is -2.49. The van der Waals surface area contributed by atoms with Crippen LogP contribution >= 0.6 is 0 Å². The number of carbonyl (C=O) groups is 1. The molecular weight excluding hydrogens is 342 g/mol. The fraction of sp³-hybridized carbons (Fsp3) is 0.316. The Morgan fingerprint density at radius 3 is 3.04 bits per heavy atom. The van der Waals surface area contributed by atoms with Gasteiger partial charge in [-0.2, -0.15) is 10.2 Å². The van der Waals surface area contributed by atoms with Gasteiger partial charge in [-0.05, 0) is 38.0 Å². The van der Waals surface area contributed by atoms with Crippen LogP contribution in [0, 0.1) is 6.92 Å². The summed E-state index contributed by atoms with van der Waals surface area (Å²) >= 11 is 0. The van der Waals surface area contributed by atoms with Crippen molar-refractivity contribution in [3.05, 3.63) is 48.5 Å². The first-order valence-corrected chi connectivity index (χ1v) is 9.00. The van der Waals surface area contributed by atoms with Crippen molar-refractivity contribution in [3.63, 3.8) is 0 Å². The minimum Gasteiger partial charge on any atom is -0.353 e. The number of hydrogen-bond donors (Lipinski definition) is 2. The van der Waals surface area contributed by atoms with Gasteiger partial charge in [-0.1, -0.05) is 6.07 Å². The minimum absolute atomic E-state index is 0.0530. The maximum atomic E-state index is 12.5. The van der Waals surface area contributed by atoms with E-state index >= 15 is 0 Å². The average Bonchev–Trinajstić information content (AvgIpc) is 2.69. The van der Waals surface area contributed by atoms with Crippen LogP contribution in [0.5, 0.6) is 0 Å². The van der Waals surface area contributed by atoms with E-state index in [9.17, 15) is 4.79 Å². The van der Waals surface area contributed by atoms with Crippen LogP contribution in [0.2, 0.25) is 0 Å². The summed E-state index contributed by atoms with van der Waals surface area (Å²) in [4.78, 5) is 23.2. The number of hydrogen-bond acceptors (Lipinski definition) is 6. The molecule has 2 aromatic heterocycles. The summed E-state index contributed by atoms with van der Waals surface area (Å²) in [7, 11) is 0. The molecule has 0 radical (unpaired) electrons. The Hall–Kier alpha value is -3.29. The van der Waals surface area contributed by atoms with Gasteiger partial charge in [-0.25, -0.2) is 9.78 Å². The highest BCUT2D eigenvalue weighted by molar-refractivity contribution is 6.00. The summed E-state index contributed by atoms with van der Waals surface area (Å²) in [5, 5.41) is 15.1. The Morgan fingerprint density at radius 1 is 1.26 bits per heavy atom. The average molecular weight is 363 g/mol. The van der Waals surface area contributed by atoms with Crippen molar-refractivity contribution in [1.29, 1.82) is 0 Å². The van der Waals surface area contributed by atoms with Gasteiger partial charge in [0.1, 0.15) is 5.82 Å². The summed E-state index contributed by atoms with van der Waals surface area (Å²) in [6, 6.07) is 7.37. The van der Waals surface area contributed by atoms with Gasteiger partial charge < -0.3 is 15.5 Å². The molecule has 2 N–H and O–H groups in total. The van der Waals surface area contributed by atoms with E-state index in [2.05, 4.69) is 35.7 Å². The minimum atomic E-state index is -0.219. The number of nitrogens with zero attached hydrogens (tertiary/aromatic N) is 5. The summed E-state index contributed by atoms with van der Waals surface area (Å²) in [6.45, 7) is 3.51. The van der Waals surface area contributed by atoms with Crippen molar-refractivity contribution < 1.29 is 4.79 Å². The quantitative estimate of drug-likeness (QED) is 0.742. The van der Waals surface area contributed by atoms with E-state index in [4.69, 9.17) is 0 Å². The van der Waals surface area contributed by atoms with Crippen molar-refractivity contribution in [2.75, 3.05) is 23.3 Å². The first-order valence-electron chi connectivity index (χ1n) is 9.00. The van der Waals surface area contributed by atoms with Gasteiger partial charge in [0.15, 0.2) is 0 Å². The maximum absolute atomic E-state index is 12.5. The first kappa shape index (κ1) is 17.1. The molecule has 1 atom stereocenters. The van der Waals surface area contributed by atoms with Gasteiger partial charge >= 0.3 is 6.03 Å². The predicted molar refractivity (Wildman–Crippen MR) is 104 cm³/mol. The molecule has 3 heterocycles. The Balaban J connectivity index is 1.43. The second kappa shape index (κ2) is 7.53. The number of anilines is 2. The number of nitrogens with one attached hydrogen (secondary N) is 2. The molecule has 1 saturated heterocycles. The lowest BCUT2D eigenvalue weighted by atomic mass is 10.1. The molecule has 0 aliphatic carbocycles. The molecule has 8 nitrogen and oxygen atoms in total. The number of benzene rings is 1. The lowest BCUT2D eigenvalue weighted by Gasteiger charge is -2.33. The Kier molecular flexibility index (Phi) is 4.78. The van der Waals surface area contributed by atoms with Crippen LogP contribution < -0.4 is 15.5 Å². The fourth-order valence-electron chi connectivity index (χ4n) is 3.37. The summed E-state index contributed by atoms with van der Waals surface area (Å²) in [6.07, 6.45) is 7.02. The van der Waals surface area contributed by atoms with Gasteiger partial charge in [0.25, 0.3) is 0 Å². The molecule has 0 unspecified atom stereocenters. The maximum Gasteiger partial charge on any atom is 0.319 e. The molecule has 1 aromatic carbocycles. The number of aromatic nitrogens is 4. The number of carbonyl (C=O) groups excluding carboxylic acids is 1. The van der Waals surface area contributed by atoms with Crippen LogP contribution in [0.3, 0.4) is 0 Å². The molecule has 0 saturated carbocycles. The van der Waals surface area contributed by atoms with Gasteiger partial charge in [-0.3, -0.25) is 4.98 Å². The zero-order valence-electron chi connectivity index (χ0n) is 15.1. The van der Waals surface area contributed by atoms with Crippen molar-refractivity contribution in [2.45, 2.75) is 25.8 Å². The predicted octanol–water partition coefficient (Wildman–Crippen LogP) is 2.52.